The van der Waals surface area contributed by atoms with Gasteiger partial charge in [0.25, 0.3) is 0 Å². The van der Waals surface area contributed by atoms with E-state index in [0.29, 0.717) is 6.04 Å². The Hall–Kier alpha value is -0.120. The zero-order valence-corrected chi connectivity index (χ0v) is 12.7. The van der Waals surface area contributed by atoms with Crippen molar-refractivity contribution in [3.8, 4) is 0 Å². The molecule has 108 valence electrons. The van der Waals surface area contributed by atoms with E-state index >= 15 is 0 Å². The minimum Gasteiger partial charge on any atom is -0.381 e. The van der Waals surface area contributed by atoms with E-state index in [0.717, 1.165) is 38.1 Å². The molecule has 1 heterocycles. The minimum atomic E-state index is 0.658. The number of likely N-dealkylation sites (N-methyl/N-ethyl adjacent to an activating group) is 1. The SMILES string of the molecule is CCC(CNCC(C)C)N(C)CC1CCCOC1. The number of hydrogen-bond donors (Lipinski definition) is 1. The van der Waals surface area contributed by atoms with Crippen molar-refractivity contribution in [2.24, 2.45) is 11.8 Å². The molecule has 3 heteroatoms. The third-order valence-electron chi connectivity index (χ3n) is 3.83. The molecule has 3 nitrogen and oxygen atoms in total. The molecule has 0 radical (unpaired) electrons. The molecule has 0 saturated carbocycles. The Kier molecular flexibility index (Phi) is 7.87. The first-order valence-corrected chi connectivity index (χ1v) is 7.62. The van der Waals surface area contributed by atoms with Crippen LogP contribution in [-0.4, -0.2) is 50.8 Å². The Morgan fingerprint density at radius 2 is 2.11 bits per heavy atom. The molecule has 0 aliphatic carbocycles. The number of hydrogen-bond acceptors (Lipinski definition) is 3. The van der Waals surface area contributed by atoms with Crippen LogP contribution in [0.4, 0.5) is 0 Å². The molecule has 1 rings (SSSR count). The standard InChI is InChI=1S/C15H32N2O/c1-5-15(10-16-9-13(2)3)17(4)11-14-7-6-8-18-12-14/h13-16H,5-12H2,1-4H3. The Bertz CT molecular complexity index is 203. The molecule has 1 fully saturated rings. The first-order valence-electron chi connectivity index (χ1n) is 7.62. The summed E-state index contributed by atoms with van der Waals surface area (Å²) < 4.78 is 5.57. The van der Waals surface area contributed by atoms with Crippen LogP contribution in [0.3, 0.4) is 0 Å². The van der Waals surface area contributed by atoms with Crippen LogP contribution in [0.2, 0.25) is 0 Å². The van der Waals surface area contributed by atoms with Crippen molar-refractivity contribution < 1.29 is 4.74 Å². The average Bonchev–Trinajstić information content (AvgIpc) is 2.35. The van der Waals surface area contributed by atoms with Crippen LogP contribution in [0, 0.1) is 11.8 Å². The van der Waals surface area contributed by atoms with Crippen molar-refractivity contribution >= 4 is 0 Å². The van der Waals surface area contributed by atoms with Gasteiger partial charge in [-0.25, -0.2) is 0 Å². The predicted molar refractivity (Wildman–Crippen MR) is 78.0 cm³/mol. The van der Waals surface area contributed by atoms with E-state index in [9.17, 15) is 0 Å². The van der Waals surface area contributed by atoms with Gasteiger partial charge in [-0.2, -0.15) is 0 Å². The van der Waals surface area contributed by atoms with Crippen molar-refractivity contribution in [1.29, 1.82) is 0 Å². The normalized spacial score (nSPS) is 22.7. The van der Waals surface area contributed by atoms with Crippen molar-refractivity contribution in [2.45, 2.75) is 46.1 Å². The quantitative estimate of drug-likeness (QED) is 0.721. The van der Waals surface area contributed by atoms with E-state index < -0.39 is 0 Å². The lowest BCUT2D eigenvalue weighted by atomic mass is 10.0. The van der Waals surface area contributed by atoms with Gasteiger partial charge < -0.3 is 15.0 Å². The van der Waals surface area contributed by atoms with Gasteiger partial charge in [-0.1, -0.05) is 20.8 Å². The Morgan fingerprint density at radius 3 is 2.67 bits per heavy atom. The third-order valence-corrected chi connectivity index (χ3v) is 3.83. The molecule has 0 bridgehead atoms. The second-order valence-corrected chi connectivity index (χ2v) is 6.14. The number of nitrogens with one attached hydrogen (secondary N) is 1. The molecule has 0 aromatic carbocycles. The van der Waals surface area contributed by atoms with E-state index in [4.69, 9.17) is 4.74 Å². The molecule has 1 aliphatic heterocycles. The molecule has 2 unspecified atom stereocenters. The summed E-state index contributed by atoms with van der Waals surface area (Å²) in [5.74, 6) is 1.47. The van der Waals surface area contributed by atoms with Crippen LogP contribution >= 0.6 is 0 Å². The third kappa shape index (κ3) is 6.17. The zero-order chi connectivity index (χ0) is 13.4. The Balaban J connectivity index is 2.24. The molecular weight excluding hydrogens is 224 g/mol. The highest BCUT2D eigenvalue weighted by Crippen LogP contribution is 2.16. The fourth-order valence-corrected chi connectivity index (χ4v) is 2.66. The van der Waals surface area contributed by atoms with E-state index in [2.05, 4.69) is 38.0 Å². The number of rotatable bonds is 8. The fourth-order valence-electron chi connectivity index (χ4n) is 2.66. The fraction of sp³-hybridized carbons (Fsp3) is 1.00. The maximum atomic E-state index is 5.57. The van der Waals surface area contributed by atoms with Crippen LogP contribution in [0.15, 0.2) is 0 Å². The summed E-state index contributed by atoms with van der Waals surface area (Å²) in [6.07, 6.45) is 3.79. The lowest BCUT2D eigenvalue weighted by molar-refractivity contribution is 0.0358. The molecule has 2 atom stereocenters. The number of ether oxygens (including phenoxy) is 1. The lowest BCUT2D eigenvalue weighted by Gasteiger charge is -2.32. The smallest absolute Gasteiger partial charge is 0.0506 e. The monoisotopic (exact) mass is 256 g/mol. The average molecular weight is 256 g/mol. The molecular formula is C15H32N2O. The lowest BCUT2D eigenvalue weighted by Crippen LogP contribution is -2.43. The van der Waals surface area contributed by atoms with Gasteiger partial charge in [-0.15, -0.1) is 0 Å². The summed E-state index contributed by atoms with van der Waals surface area (Å²) in [7, 11) is 2.26. The summed E-state index contributed by atoms with van der Waals surface area (Å²) in [5.41, 5.74) is 0. The van der Waals surface area contributed by atoms with Gasteiger partial charge in [0.2, 0.25) is 0 Å². The van der Waals surface area contributed by atoms with E-state index in [1.807, 2.05) is 0 Å². The summed E-state index contributed by atoms with van der Waals surface area (Å²) in [4.78, 5) is 2.52. The molecule has 1 aliphatic rings. The first kappa shape index (κ1) is 15.9. The summed E-state index contributed by atoms with van der Waals surface area (Å²) in [6.45, 7) is 12.1. The maximum Gasteiger partial charge on any atom is 0.0506 e. The van der Waals surface area contributed by atoms with Gasteiger partial charge >= 0.3 is 0 Å². The van der Waals surface area contributed by atoms with Crippen LogP contribution < -0.4 is 5.32 Å². The van der Waals surface area contributed by atoms with Crippen molar-refractivity contribution in [3.05, 3.63) is 0 Å². The largest absolute Gasteiger partial charge is 0.381 e. The topological polar surface area (TPSA) is 24.5 Å². The Morgan fingerprint density at radius 1 is 1.33 bits per heavy atom. The first-order chi connectivity index (χ1) is 8.63. The second-order valence-electron chi connectivity index (χ2n) is 6.14. The van der Waals surface area contributed by atoms with Gasteiger partial charge in [0.05, 0.1) is 6.61 Å². The van der Waals surface area contributed by atoms with Crippen LogP contribution in [-0.2, 0) is 4.74 Å². The molecule has 0 spiro atoms. The van der Waals surface area contributed by atoms with Crippen molar-refractivity contribution in [1.82, 2.24) is 10.2 Å². The van der Waals surface area contributed by atoms with Gasteiger partial charge in [0, 0.05) is 25.7 Å². The molecule has 1 saturated heterocycles. The Labute approximate surface area is 113 Å². The highest BCUT2D eigenvalue weighted by molar-refractivity contribution is 4.74. The summed E-state index contributed by atoms with van der Waals surface area (Å²) in [6, 6.07) is 0.658. The van der Waals surface area contributed by atoms with Gasteiger partial charge in [0.15, 0.2) is 0 Å². The van der Waals surface area contributed by atoms with Crippen LogP contribution in [0.5, 0.6) is 0 Å². The van der Waals surface area contributed by atoms with E-state index in [-0.39, 0.29) is 0 Å². The van der Waals surface area contributed by atoms with Crippen molar-refractivity contribution in [2.75, 3.05) is 39.9 Å². The molecule has 0 aromatic heterocycles. The molecule has 1 N–H and O–H groups in total. The molecule has 0 amide bonds. The highest BCUT2D eigenvalue weighted by atomic mass is 16.5. The summed E-state index contributed by atoms with van der Waals surface area (Å²) in [5, 5.41) is 3.58. The highest BCUT2D eigenvalue weighted by Gasteiger charge is 2.19. The second kappa shape index (κ2) is 8.89. The van der Waals surface area contributed by atoms with Gasteiger partial charge in [-0.3, -0.25) is 0 Å². The minimum absolute atomic E-state index is 0.658. The predicted octanol–water partition coefficient (Wildman–Crippen LogP) is 2.37. The zero-order valence-electron chi connectivity index (χ0n) is 12.7. The molecule has 0 aromatic rings. The van der Waals surface area contributed by atoms with Gasteiger partial charge in [-0.05, 0) is 44.7 Å². The number of nitrogens with zero attached hydrogens (tertiary/aromatic N) is 1. The van der Waals surface area contributed by atoms with Crippen molar-refractivity contribution in [3.63, 3.8) is 0 Å². The van der Waals surface area contributed by atoms with Crippen LogP contribution in [0.25, 0.3) is 0 Å². The van der Waals surface area contributed by atoms with Crippen LogP contribution in [0.1, 0.15) is 40.0 Å². The van der Waals surface area contributed by atoms with E-state index in [1.165, 1.54) is 25.8 Å². The maximum absolute atomic E-state index is 5.57. The summed E-state index contributed by atoms with van der Waals surface area (Å²) >= 11 is 0. The van der Waals surface area contributed by atoms with Gasteiger partial charge in [0.1, 0.15) is 0 Å². The molecule has 18 heavy (non-hydrogen) atoms. The van der Waals surface area contributed by atoms with E-state index in [1.54, 1.807) is 0 Å².